The zero-order chi connectivity index (χ0) is 14.6. The zero-order valence-corrected chi connectivity index (χ0v) is 13.4. The Labute approximate surface area is 123 Å². The summed E-state index contributed by atoms with van der Waals surface area (Å²) in [6.07, 6.45) is 7.83. The van der Waals surface area contributed by atoms with Crippen molar-refractivity contribution in [1.29, 1.82) is 0 Å². The number of hydrazine groups is 1. The Morgan fingerprint density at radius 3 is 2.55 bits per heavy atom. The fourth-order valence-corrected chi connectivity index (χ4v) is 3.84. The Morgan fingerprint density at radius 2 is 2.00 bits per heavy atom. The number of piperidine rings is 2. The van der Waals surface area contributed by atoms with Crippen molar-refractivity contribution in [2.45, 2.75) is 77.8 Å². The summed E-state index contributed by atoms with van der Waals surface area (Å²) in [6, 6.07) is 0.913. The van der Waals surface area contributed by atoms with Gasteiger partial charge in [0.1, 0.15) is 0 Å². The standard InChI is InChI=1S/C16H31N3O/c1-4-9-16(10-6-11-17-12-16)15(20)18-19-13(2)7-5-8-14(19)3/h13-14,17H,4-12H2,1-3H3,(H,18,20). The van der Waals surface area contributed by atoms with Gasteiger partial charge < -0.3 is 5.32 Å². The molecule has 2 aliphatic rings. The molecule has 3 atom stereocenters. The number of hydrogen-bond acceptors (Lipinski definition) is 3. The Kier molecular flexibility index (Phi) is 5.44. The molecule has 0 aromatic heterocycles. The van der Waals surface area contributed by atoms with E-state index in [0.29, 0.717) is 12.1 Å². The maximum atomic E-state index is 12.9. The molecule has 20 heavy (non-hydrogen) atoms. The molecule has 1 amide bonds. The summed E-state index contributed by atoms with van der Waals surface area (Å²) in [5.74, 6) is 0.243. The van der Waals surface area contributed by atoms with Crippen LogP contribution in [0.3, 0.4) is 0 Å². The molecule has 2 aliphatic heterocycles. The summed E-state index contributed by atoms with van der Waals surface area (Å²) >= 11 is 0. The Morgan fingerprint density at radius 1 is 1.30 bits per heavy atom. The quantitative estimate of drug-likeness (QED) is 0.832. The minimum Gasteiger partial charge on any atom is -0.316 e. The van der Waals surface area contributed by atoms with Crippen LogP contribution < -0.4 is 10.7 Å². The third-order valence-corrected chi connectivity index (χ3v) is 5.11. The lowest BCUT2D eigenvalue weighted by molar-refractivity contribution is -0.141. The van der Waals surface area contributed by atoms with Crippen molar-refractivity contribution in [2.75, 3.05) is 13.1 Å². The smallest absolute Gasteiger partial charge is 0.241 e. The van der Waals surface area contributed by atoms with Crippen LogP contribution in [0.25, 0.3) is 0 Å². The predicted molar refractivity (Wildman–Crippen MR) is 82.2 cm³/mol. The number of carbonyl (C=O) groups is 1. The van der Waals surface area contributed by atoms with E-state index in [9.17, 15) is 4.79 Å². The van der Waals surface area contributed by atoms with Crippen LogP contribution in [0, 0.1) is 5.41 Å². The Bertz CT molecular complexity index is 310. The van der Waals surface area contributed by atoms with E-state index < -0.39 is 0 Å². The number of hydrogen-bond donors (Lipinski definition) is 2. The van der Waals surface area contributed by atoms with E-state index in [0.717, 1.165) is 38.8 Å². The van der Waals surface area contributed by atoms with Crippen LogP contribution >= 0.6 is 0 Å². The largest absolute Gasteiger partial charge is 0.316 e. The average molecular weight is 281 g/mol. The minimum absolute atomic E-state index is 0.191. The van der Waals surface area contributed by atoms with Crippen LogP contribution in [-0.2, 0) is 4.79 Å². The topological polar surface area (TPSA) is 44.4 Å². The number of rotatable bonds is 4. The molecule has 0 radical (unpaired) electrons. The third-order valence-electron chi connectivity index (χ3n) is 5.11. The van der Waals surface area contributed by atoms with E-state index >= 15 is 0 Å². The Balaban J connectivity index is 2.03. The molecule has 0 aromatic rings. The molecule has 3 unspecified atom stereocenters. The van der Waals surface area contributed by atoms with Crippen LogP contribution in [0.2, 0.25) is 0 Å². The molecular formula is C16H31N3O. The SMILES string of the molecule is CCCC1(C(=O)NN2C(C)CCCC2C)CCCNC1. The van der Waals surface area contributed by atoms with Gasteiger partial charge in [-0.1, -0.05) is 19.8 Å². The first-order valence-corrected chi connectivity index (χ1v) is 8.39. The van der Waals surface area contributed by atoms with E-state index in [1.165, 1.54) is 19.3 Å². The summed E-state index contributed by atoms with van der Waals surface area (Å²) in [4.78, 5) is 12.9. The van der Waals surface area contributed by atoms with Crippen molar-refractivity contribution in [3.63, 3.8) is 0 Å². The van der Waals surface area contributed by atoms with Crippen molar-refractivity contribution in [2.24, 2.45) is 5.41 Å². The molecule has 116 valence electrons. The number of nitrogens with zero attached hydrogens (tertiary/aromatic N) is 1. The van der Waals surface area contributed by atoms with Crippen LogP contribution in [-0.4, -0.2) is 36.1 Å². The van der Waals surface area contributed by atoms with E-state index in [4.69, 9.17) is 0 Å². The van der Waals surface area contributed by atoms with Crippen molar-refractivity contribution < 1.29 is 4.79 Å². The molecule has 0 bridgehead atoms. The van der Waals surface area contributed by atoms with Crippen molar-refractivity contribution in [1.82, 2.24) is 15.8 Å². The van der Waals surface area contributed by atoms with Gasteiger partial charge >= 0.3 is 0 Å². The summed E-state index contributed by atoms with van der Waals surface area (Å²) in [5.41, 5.74) is 3.08. The summed E-state index contributed by atoms with van der Waals surface area (Å²) < 4.78 is 0. The number of amides is 1. The van der Waals surface area contributed by atoms with Gasteiger partial charge in [-0.25, -0.2) is 5.01 Å². The molecule has 2 saturated heterocycles. The molecule has 2 rings (SSSR count). The van der Waals surface area contributed by atoms with Crippen LogP contribution in [0.5, 0.6) is 0 Å². The molecule has 0 aromatic carbocycles. The monoisotopic (exact) mass is 281 g/mol. The van der Waals surface area contributed by atoms with E-state index in [1.54, 1.807) is 0 Å². The van der Waals surface area contributed by atoms with Crippen LogP contribution in [0.15, 0.2) is 0 Å². The van der Waals surface area contributed by atoms with Crippen LogP contribution in [0.1, 0.15) is 65.7 Å². The molecule has 4 heteroatoms. The lowest BCUT2D eigenvalue weighted by atomic mass is 9.76. The van der Waals surface area contributed by atoms with Gasteiger partial charge in [-0.2, -0.15) is 0 Å². The molecule has 2 heterocycles. The zero-order valence-electron chi connectivity index (χ0n) is 13.4. The van der Waals surface area contributed by atoms with Crippen molar-refractivity contribution in [3.8, 4) is 0 Å². The molecule has 0 spiro atoms. The summed E-state index contributed by atoms with van der Waals surface area (Å²) in [6.45, 7) is 8.51. The summed E-state index contributed by atoms with van der Waals surface area (Å²) in [5, 5.41) is 5.63. The van der Waals surface area contributed by atoms with Gasteiger partial charge in [0, 0.05) is 18.6 Å². The van der Waals surface area contributed by atoms with E-state index in [2.05, 4.69) is 36.5 Å². The maximum absolute atomic E-state index is 12.9. The second-order valence-corrected chi connectivity index (χ2v) is 6.79. The van der Waals surface area contributed by atoms with Gasteiger partial charge in [-0.15, -0.1) is 0 Å². The fourth-order valence-electron chi connectivity index (χ4n) is 3.84. The van der Waals surface area contributed by atoms with E-state index in [1.807, 2.05) is 0 Å². The van der Waals surface area contributed by atoms with Gasteiger partial charge in [0.05, 0.1) is 5.41 Å². The van der Waals surface area contributed by atoms with Gasteiger partial charge in [0.25, 0.3) is 0 Å². The highest BCUT2D eigenvalue weighted by Crippen LogP contribution is 2.32. The minimum atomic E-state index is -0.191. The first-order valence-electron chi connectivity index (χ1n) is 8.39. The lowest BCUT2D eigenvalue weighted by Crippen LogP contribution is -2.60. The Hall–Kier alpha value is -0.610. The van der Waals surface area contributed by atoms with Gasteiger partial charge in [0.15, 0.2) is 0 Å². The number of nitrogens with one attached hydrogen (secondary N) is 2. The van der Waals surface area contributed by atoms with Crippen LogP contribution in [0.4, 0.5) is 0 Å². The normalized spacial score (nSPS) is 35.8. The third kappa shape index (κ3) is 3.34. The second kappa shape index (κ2) is 6.90. The van der Waals surface area contributed by atoms with Crippen molar-refractivity contribution >= 4 is 5.91 Å². The first kappa shape index (κ1) is 15.8. The summed E-state index contributed by atoms with van der Waals surface area (Å²) in [7, 11) is 0. The van der Waals surface area contributed by atoms with Gasteiger partial charge in [0.2, 0.25) is 5.91 Å². The second-order valence-electron chi connectivity index (χ2n) is 6.79. The van der Waals surface area contributed by atoms with E-state index in [-0.39, 0.29) is 11.3 Å². The molecule has 0 aliphatic carbocycles. The highest BCUT2D eigenvalue weighted by atomic mass is 16.2. The molecule has 4 nitrogen and oxygen atoms in total. The fraction of sp³-hybridized carbons (Fsp3) is 0.938. The molecule has 2 N–H and O–H groups in total. The average Bonchev–Trinajstić information content (AvgIpc) is 2.44. The van der Waals surface area contributed by atoms with Crippen molar-refractivity contribution in [3.05, 3.63) is 0 Å². The predicted octanol–water partition coefficient (Wildman–Crippen LogP) is 2.45. The lowest BCUT2D eigenvalue weighted by Gasteiger charge is -2.43. The first-order chi connectivity index (χ1) is 9.59. The number of carbonyl (C=O) groups excluding carboxylic acids is 1. The van der Waals surface area contributed by atoms with Gasteiger partial charge in [-0.05, 0) is 52.5 Å². The molecule has 0 saturated carbocycles. The highest BCUT2D eigenvalue weighted by Gasteiger charge is 2.40. The maximum Gasteiger partial charge on any atom is 0.241 e. The molecular weight excluding hydrogens is 250 g/mol. The van der Waals surface area contributed by atoms with Gasteiger partial charge in [-0.3, -0.25) is 10.2 Å². The highest BCUT2D eigenvalue weighted by molar-refractivity contribution is 5.82. The molecule has 2 fully saturated rings.